The van der Waals surface area contributed by atoms with E-state index in [0.29, 0.717) is 87.4 Å². The smallest absolute Gasteiger partial charge is 0.175 e. The Labute approximate surface area is 528 Å². The van der Waals surface area contributed by atoms with Gasteiger partial charge in [0.1, 0.15) is 35.2 Å². The fraction of sp³-hybridized carbons (Fsp3) is 0.318. The van der Waals surface area contributed by atoms with Gasteiger partial charge in [-0.3, -0.25) is 16.2 Å². The summed E-state index contributed by atoms with van der Waals surface area (Å²) in [4.78, 5) is 27.2. The summed E-state index contributed by atoms with van der Waals surface area (Å²) in [5.41, 5.74) is 15.9. The van der Waals surface area contributed by atoms with Crippen molar-refractivity contribution in [1.82, 2.24) is 58.1 Å². The van der Waals surface area contributed by atoms with Gasteiger partial charge in [0.15, 0.2) is 17.5 Å². The number of likely N-dealkylation sites (N-methyl/N-ethyl adjacent to an activating group) is 3. The molecule has 0 fully saturated rings. The monoisotopic (exact) mass is 1230 g/mol. The van der Waals surface area contributed by atoms with Crippen LogP contribution in [0.25, 0.3) is 33.6 Å². The van der Waals surface area contributed by atoms with Crippen molar-refractivity contribution in [2.24, 2.45) is 22.0 Å². The highest BCUT2D eigenvalue weighted by Gasteiger charge is 2.29. The van der Waals surface area contributed by atoms with E-state index in [9.17, 15) is 0 Å². The maximum atomic E-state index is 9.14. The summed E-state index contributed by atoms with van der Waals surface area (Å²) >= 11 is 0. The minimum Gasteiger partial charge on any atom is -0.491 e. The maximum absolute atomic E-state index is 9.14. The second kappa shape index (κ2) is 28.6. The lowest BCUT2D eigenvalue weighted by atomic mass is 9.92. The summed E-state index contributed by atoms with van der Waals surface area (Å²) in [7, 11) is 14.2. The third kappa shape index (κ3) is 14.0. The van der Waals surface area contributed by atoms with Gasteiger partial charge in [-0.2, -0.15) is 0 Å². The van der Waals surface area contributed by atoms with E-state index in [1.54, 1.807) is 33.6 Å². The van der Waals surface area contributed by atoms with Crippen molar-refractivity contribution in [2.75, 3.05) is 124 Å². The fourth-order valence-corrected chi connectivity index (χ4v) is 10.7. The van der Waals surface area contributed by atoms with Crippen LogP contribution < -0.4 is 16.0 Å². The number of hydrogen-bond donors (Lipinski definition) is 10. The van der Waals surface area contributed by atoms with Crippen LogP contribution in [-0.2, 0) is 16.5 Å². The number of allylic oxidation sites excluding steroid dienone is 4. The standard InChI is InChI=1S/C23H29N7.C22H27N7O2.C21H25N7O2/c1-14-13-17(20(24)19-15(2)16(3)29(6)22(14)19)26-21-18-9-7-8-11-30(18)27-23(21)25-10-12-28(4)5;1-28(2)11-9-25-22-21(17-6-3-4-10-29(17)27-22)26-16-14-18(31-13-5-12-30)20-15(19(16)23)7-8-24-20;1-27(2)10-8-24-21-20(16-5-3-4-9-28(16)26-21)25-15-13-17(30-12-11-29)19-14(18(15)22)6-7-23-19/h7-9,11,13,24H,10,12H2,1-6H3,(H,25,27);3-4,6-8,10,14,23-24,30H,5,9,11-13H2,1-2H3,(H,25,27);3-7,9,13,22-23,29H,8,10-12H2,1-2H3,(H,24,26). The van der Waals surface area contributed by atoms with Gasteiger partial charge in [-0.1, -0.05) is 18.2 Å². The average molecular weight is 1230 g/mol. The molecule has 3 aliphatic carbocycles. The molecule has 9 aromatic rings. The molecule has 9 heterocycles. The summed E-state index contributed by atoms with van der Waals surface area (Å²) in [5, 5.41) is 68.5. The van der Waals surface area contributed by atoms with Crippen LogP contribution in [0, 0.1) is 30.1 Å². The molecule has 25 nitrogen and oxygen atoms in total. The summed E-state index contributed by atoms with van der Waals surface area (Å²) < 4.78 is 19.1. The van der Waals surface area contributed by atoms with Gasteiger partial charge in [0.25, 0.3) is 0 Å². The highest BCUT2D eigenvalue weighted by atomic mass is 16.5. The van der Waals surface area contributed by atoms with Gasteiger partial charge < -0.3 is 64.9 Å². The minimum absolute atomic E-state index is 0.0615. The Balaban J connectivity index is 0.000000150. The van der Waals surface area contributed by atoms with Crippen LogP contribution in [0.2, 0.25) is 0 Å². The van der Waals surface area contributed by atoms with E-state index < -0.39 is 0 Å². The number of aromatic nitrogens is 9. The van der Waals surface area contributed by atoms with E-state index in [1.807, 2.05) is 138 Å². The molecule has 0 aliphatic heterocycles. The lowest BCUT2D eigenvalue weighted by molar-refractivity contribution is 0.180. The molecule has 91 heavy (non-hydrogen) atoms. The quantitative estimate of drug-likeness (QED) is 0.0285. The van der Waals surface area contributed by atoms with E-state index in [4.69, 9.17) is 50.9 Å². The first-order valence-corrected chi connectivity index (χ1v) is 30.2. The SMILES string of the molecule is CC1=CC(=Nc2c(NCCN(C)C)nn3ccccc23)C(=N)c2c(C)c(C)n(C)c21.CN(C)CCNc1nn2ccccc2c1N=C1C=C(OCCCO)c2[nH]ccc2C1=N.CN(C)CCNc1nn2ccccc2c1N=C1C=C(OCCO)c2[nH]ccc2C1=N. The molecule has 25 heteroatoms. The van der Waals surface area contributed by atoms with E-state index >= 15 is 0 Å². The number of nitrogens with one attached hydrogen (secondary N) is 8. The molecule has 12 rings (SSSR count). The van der Waals surface area contributed by atoms with Crippen molar-refractivity contribution in [2.45, 2.75) is 27.2 Å². The van der Waals surface area contributed by atoms with Gasteiger partial charge in [0.2, 0.25) is 0 Å². The Hall–Kier alpha value is -10.1. The van der Waals surface area contributed by atoms with Crippen molar-refractivity contribution in [3.8, 4) is 0 Å². The number of H-pyrrole nitrogens is 2. The zero-order valence-corrected chi connectivity index (χ0v) is 53.3. The van der Waals surface area contributed by atoms with Crippen LogP contribution in [0.4, 0.5) is 34.5 Å². The molecule has 0 saturated heterocycles. The number of ether oxygens (including phenoxy) is 2. The average Bonchev–Trinajstić information content (AvgIpc) is 1.67. The van der Waals surface area contributed by atoms with Crippen LogP contribution in [-0.4, -0.2) is 211 Å². The number of anilines is 3. The summed E-state index contributed by atoms with van der Waals surface area (Å²) in [6.45, 7) is 11.6. The zero-order chi connectivity index (χ0) is 64.5. The van der Waals surface area contributed by atoms with E-state index in [0.717, 1.165) is 107 Å². The normalized spacial score (nSPS) is 15.0. The van der Waals surface area contributed by atoms with Crippen LogP contribution >= 0.6 is 0 Å². The maximum Gasteiger partial charge on any atom is 0.175 e. The van der Waals surface area contributed by atoms with Gasteiger partial charge in [-0.15, -0.1) is 15.3 Å². The molecule has 0 unspecified atom stereocenters. The Morgan fingerprint density at radius 3 is 1.34 bits per heavy atom. The number of fused-ring (bicyclic) bond motifs is 6. The van der Waals surface area contributed by atoms with Crippen molar-refractivity contribution >= 4 is 102 Å². The number of aliphatic hydroxyl groups is 2. The molecule has 3 aliphatic rings. The highest BCUT2D eigenvalue weighted by molar-refractivity contribution is 6.55. The third-order valence-electron chi connectivity index (χ3n) is 15.5. The van der Waals surface area contributed by atoms with Crippen LogP contribution in [0.1, 0.15) is 58.4 Å². The first kappa shape index (κ1) is 64.0. The molecule has 0 bridgehead atoms. The summed E-state index contributed by atoms with van der Waals surface area (Å²) in [6, 6.07) is 21.2. The first-order chi connectivity index (χ1) is 44.0. The molecule has 0 saturated carbocycles. The predicted molar refractivity (Wildman–Crippen MR) is 365 cm³/mol. The molecule has 0 radical (unpaired) electrons. The molecular formula is C66H81N21O4. The van der Waals surface area contributed by atoms with Gasteiger partial charge in [-0.05, 0) is 129 Å². The van der Waals surface area contributed by atoms with Gasteiger partial charge in [0, 0.05) is 125 Å². The molecule has 0 amide bonds. The molecule has 0 aromatic carbocycles. The van der Waals surface area contributed by atoms with E-state index in [-0.39, 0.29) is 19.8 Å². The second-order valence-electron chi connectivity index (χ2n) is 22.9. The lowest BCUT2D eigenvalue weighted by Gasteiger charge is -2.17. The van der Waals surface area contributed by atoms with E-state index in [1.165, 1.54) is 5.69 Å². The van der Waals surface area contributed by atoms with Crippen molar-refractivity contribution in [3.05, 3.63) is 161 Å². The molecule has 9 aromatic heterocycles. The molecular weight excluding hydrogens is 1150 g/mol. The van der Waals surface area contributed by atoms with Gasteiger partial charge in [-0.25, -0.2) is 28.5 Å². The largest absolute Gasteiger partial charge is 0.491 e. The number of nitrogens with zero attached hydrogens (tertiary/aromatic N) is 13. The Kier molecular flexibility index (Phi) is 20.1. The molecule has 0 spiro atoms. The number of aromatic amines is 2. The topological polar surface area (TPSA) is 302 Å². The number of aliphatic hydroxyl groups excluding tert-OH is 2. The highest BCUT2D eigenvalue weighted by Crippen LogP contribution is 2.37. The number of hydrogen-bond acceptors (Lipinski definition) is 19. The Bertz CT molecular complexity index is 4340. The van der Waals surface area contributed by atoms with Gasteiger partial charge >= 0.3 is 0 Å². The molecule has 10 N–H and O–H groups in total. The number of rotatable bonds is 22. The molecule has 0 atom stereocenters. The fourth-order valence-electron chi connectivity index (χ4n) is 10.7. The Morgan fingerprint density at radius 1 is 0.538 bits per heavy atom. The zero-order valence-electron chi connectivity index (χ0n) is 53.3. The van der Waals surface area contributed by atoms with Crippen molar-refractivity contribution in [1.29, 1.82) is 16.2 Å². The summed E-state index contributed by atoms with van der Waals surface area (Å²) in [5.74, 6) is 3.24. The number of aliphatic imine (C=N–C) groups is 3. The van der Waals surface area contributed by atoms with Crippen LogP contribution in [0.15, 0.2) is 131 Å². The second-order valence-corrected chi connectivity index (χ2v) is 22.9. The Morgan fingerprint density at radius 2 is 0.945 bits per heavy atom. The van der Waals surface area contributed by atoms with Crippen molar-refractivity contribution < 1.29 is 19.7 Å². The minimum atomic E-state index is -0.0920. The summed E-state index contributed by atoms with van der Waals surface area (Å²) in [6.07, 6.45) is 15.3. The van der Waals surface area contributed by atoms with Crippen LogP contribution in [0.5, 0.6) is 0 Å². The van der Waals surface area contributed by atoms with E-state index in [2.05, 4.69) is 88.3 Å². The molecule has 474 valence electrons. The predicted octanol–water partition coefficient (Wildman–Crippen LogP) is 8.49. The first-order valence-electron chi connectivity index (χ1n) is 30.2. The van der Waals surface area contributed by atoms with Gasteiger partial charge in [0.05, 0.1) is 81.1 Å². The van der Waals surface area contributed by atoms with Crippen LogP contribution in [0.3, 0.4) is 0 Å². The third-order valence-corrected chi connectivity index (χ3v) is 15.5. The van der Waals surface area contributed by atoms with Crippen molar-refractivity contribution in [3.63, 3.8) is 0 Å². The lowest BCUT2D eigenvalue weighted by Crippen LogP contribution is -2.21. The number of pyridine rings is 3.